The van der Waals surface area contributed by atoms with Gasteiger partial charge in [0.1, 0.15) is 4.83 Å². The predicted octanol–water partition coefficient (Wildman–Crippen LogP) is 3.09. The van der Waals surface area contributed by atoms with Gasteiger partial charge in [-0.3, -0.25) is 14.2 Å². The number of hydrogen-bond acceptors (Lipinski definition) is 6. The van der Waals surface area contributed by atoms with Crippen molar-refractivity contribution >= 4 is 33.1 Å². The van der Waals surface area contributed by atoms with Gasteiger partial charge in [-0.1, -0.05) is 0 Å². The summed E-state index contributed by atoms with van der Waals surface area (Å²) in [5.74, 6) is 1.12. The maximum atomic E-state index is 12.9. The Hall–Kier alpha value is -2.87. The molecule has 0 saturated heterocycles. The van der Waals surface area contributed by atoms with Crippen LogP contribution in [0.25, 0.3) is 10.2 Å². The Morgan fingerprint density at radius 2 is 2.07 bits per heavy atom. The lowest BCUT2D eigenvalue weighted by Crippen LogP contribution is -2.24. The molecular weight excluding hydrogens is 378 g/mol. The fraction of sp³-hybridized carbons (Fsp3) is 0.350. The third-order valence-electron chi connectivity index (χ3n) is 5.18. The topological polar surface area (TPSA) is 82.5 Å². The first-order valence-electron chi connectivity index (χ1n) is 9.38. The maximum absolute atomic E-state index is 12.9. The molecule has 1 aliphatic heterocycles. The van der Waals surface area contributed by atoms with E-state index in [1.54, 1.807) is 40.4 Å². The highest BCUT2D eigenvalue weighted by Gasteiger charge is 2.20. The zero-order valence-corrected chi connectivity index (χ0v) is 16.0. The molecule has 0 radical (unpaired) electrons. The molecule has 5 rings (SSSR count). The number of amides is 1. The van der Waals surface area contributed by atoms with E-state index in [9.17, 15) is 9.59 Å². The SMILES string of the molecule is O=C(CCn1cnc2sc3c(c2c1=O)CCCC3)Nc1ccc2c(c1)OCO2. The van der Waals surface area contributed by atoms with E-state index >= 15 is 0 Å². The maximum Gasteiger partial charge on any atom is 0.262 e. The number of nitrogens with zero attached hydrogens (tertiary/aromatic N) is 2. The van der Waals surface area contributed by atoms with Gasteiger partial charge in [-0.05, 0) is 43.4 Å². The van der Waals surface area contributed by atoms with Gasteiger partial charge in [-0.25, -0.2) is 4.98 Å². The lowest BCUT2D eigenvalue weighted by molar-refractivity contribution is -0.116. The van der Waals surface area contributed by atoms with Gasteiger partial charge in [0.05, 0.1) is 11.7 Å². The van der Waals surface area contributed by atoms with Gasteiger partial charge in [-0.15, -0.1) is 11.3 Å². The van der Waals surface area contributed by atoms with E-state index in [4.69, 9.17) is 9.47 Å². The monoisotopic (exact) mass is 397 g/mol. The summed E-state index contributed by atoms with van der Waals surface area (Å²) in [6.07, 6.45) is 6.02. The summed E-state index contributed by atoms with van der Waals surface area (Å²) in [6, 6.07) is 5.26. The molecule has 144 valence electrons. The number of fused-ring (bicyclic) bond motifs is 4. The molecule has 28 heavy (non-hydrogen) atoms. The Kier molecular flexibility index (Phi) is 4.27. The fourth-order valence-corrected chi connectivity index (χ4v) is 4.98. The van der Waals surface area contributed by atoms with Crippen LogP contribution in [0.3, 0.4) is 0 Å². The van der Waals surface area contributed by atoms with Crippen molar-refractivity contribution in [2.75, 3.05) is 12.1 Å². The van der Waals surface area contributed by atoms with Crippen LogP contribution in [0.1, 0.15) is 29.7 Å². The van der Waals surface area contributed by atoms with Crippen molar-refractivity contribution in [1.29, 1.82) is 0 Å². The van der Waals surface area contributed by atoms with Gasteiger partial charge in [-0.2, -0.15) is 0 Å². The second-order valence-corrected chi connectivity index (χ2v) is 8.08. The van der Waals surface area contributed by atoms with E-state index in [1.165, 1.54) is 16.9 Å². The first kappa shape index (κ1) is 17.2. The van der Waals surface area contributed by atoms with Crippen molar-refractivity contribution in [3.8, 4) is 11.5 Å². The average Bonchev–Trinajstić information content (AvgIpc) is 3.31. The number of aromatic nitrogens is 2. The summed E-state index contributed by atoms with van der Waals surface area (Å²) in [7, 11) is 0. The summed E-state index contributed by atoms with van der Waals surface area (Å²) in [5, 5.41) is 3.58. The van der Waals surface area contributed by atoms with Crippen molar-refractivity contribution in [2.24, 2.45) is 0 Å². The lowest BCUT2D eigenvalue weighted by Gasteiger charge is -2.10. The summed E-state index contributed by atoms with van der Waals surface area (Å²) >= 11 is 1.63. The number of benzene rings is 1. The van der Waals surface area contributed by atoms with Crippen molar-refractivity contribution in [1.82, 2.24) is 9.55 Å². The molecule has 1 amide bonds. The molecule has 3 heterocycles. The Morgan fingerprint density at radius 3 is 3.00 bits per heavy atom. The number of aryl methyl sites for hydroxylation is 3. The second-order valence-electron chi connectivity index (χ2n) is 7.00. The molecule has 0 bridgehead atoms. The molecule has 8 heteroatoms. The Morgan fingerprint density at radius 1 is 1.21 bits per heavy atom. The number of carbonyl (C=O) groups is 1. The minimum Gasteiger partial charge on any atom is -0.454 e. The minimum absolute atomic E-state index is 0.0414. The zero-order chi connectivity index (χ0) is 19.1. The third-order valence-corrected chi connectivity index (χ3v) is 6.38. The van der Waals surface area contributed by atoms with Crippen LogP contribution in [-0.4, -0.2) is 22.3 Å². The highest BCUT2D eigenvalue weighted by Crippen LogP contribution is 2.34. The summed E-state index contributed by atoms with van der Waals surface area (Å²) in [5.41, 5.74) is 1.77. The molecule has 7 nitrogen and oxygen atoms in total. The summed E-state index contributed by atoms with van der Waals surface area (Å²) in [4.78, 5) is 31.8. The third kappa shape index (κ3) is 3.03. The van der Waals surface area contributed by atoms with Crippen molar-refractivity contribution in [3.05, 3.63) is 45.3 Å². The average molecular weight is 397 g/mol. The van der Waals surface area contributed by atoms with E-state index in [1.807, 2.05) is 0 Å². The number of nitrogens with one attached hydrogen (secondary N) is 1. The van der Waals surface area contributed by atoms with Crippen LogP contribution >= 0.6 is 11.3 Å². The van der Waals surface area contributed by atoms with E-state index in [-0.39, 0.29) is 24.7 Å². The van der Waals surface area contributed by atoms with Crippen molar-refractivity contribution in [3.63, 3.8) is 0 Å². The molecule has 0 saturated carbocycles. The molecule has 0 fully saturated rings. The molecule has 0 atom stereocenters. The molecule has 1 N–H and O–H groups in total. The van der Waals surface area contributed by atoms with E-state index in [0.29, 0.717) is 23.7 Å². The van der Waals surface area contributed by atoms with E-state index < -0.39 is 0 Å². The van der Waals surface area contributed by atoms with Crippen LogP contribution in [0.2, 0.25) is 0 Å². The molecule has 0 unspecified atom stereocenters. The van der Waals surface area contributed by atoms with Crippen LogP contribution in [0, 0.1) is 0 Å². The zero-order valence-electron chi connectivity index (χ0n) is 15.2. The van der Waals surface area contributed by atoms with E-state index in [0.717, 1.165) is 29.5 Å². The van der Waals surface area contributed by atoms with Gasteiger partial charge >= 0.3 is 0 Å². The van der Waals surface area contributed by atoms with Gasteiger partial charge in [0.25, 0.3) is 5.56 Å². The normalized spacial score (nSPS) is 14.9. The number of carbonyl (C=O) groups excluding carboxylic acids is 1. The number of rotatable bonds is 4. The van der Waals surface area contributed by atoms with Crippen LogP contribution in [0.4, 0.5) is 5.69 Å². The second kappa shape index (κ2) is 6.94. The standard InChI is InChI=1S/C20H19N3O4S/c24-17(22-12-5-6-14-15(9-12)27-11-26-14)7-8-23-10-21-19-18(20(23)25)13-3-1-2-4-16(13)28-19/h5-6,9-10H,1-4,7-8,11H2,(H,22,24). The van der Waals surface area contributed by atoms with Crippen LogP contribution in [-0.2, 0) is 24.2 Å². The quantitative estimate of drug-likeness (QED) is 0.732. The Labute approximate surface area is 164 Å². The summed E-state index contributed by atoms with van der Waals surface area (Å²) < 4.78 is 12.1. The molecule has 2 aliphatic rings. The van der Waals surface area contributed by atoms with Crippen LogP contribution in [0.5, 0.6) is 11.5 Å². The number of thiophene rings is 1. The first-order valence-corrected chi connectivity index (χ1v) is 10.2. The Bertz CT molecular complexity index is 1130. The van der Waals surface area contributed by atoms with Gasteiger partial charge < -0.3 is 14.8 Å². The smallest absolute Gasteiger partial charge is 0.262 e. The first-order chi connectivity index (χ1) is 13.7. The van der Waals surface area contributed by atoms with E-state index in [2.05, 4.69) is 10.3 Å². The van der Waals surface area contributed by atoms with Crippen LogP contribution in [0.15, 0.2) is 29.3 Å². The highest BCUT2D eigenvalue weighted by atomic mass is 32.1. The van der Waals surface area contributed by atoms with Gasteiger partial charge in [0.2, 0.25) is 12.7 Å². The van der Waals surface area contributed by atoms with Gasteiger partial charge in [0.15, 0.2) is 11.5 Å². The van der Waals surface area contributed by atoms with Crippen molar-refractivity contribution < 1.29 is 14.3 Å². The molecule has 1 aliphatic carbocycles. The fourth-order valence-electron chi connectivity index (χ4n) is 3.76. The number of ether oxygens (including phenoxy) is 2. The number of hydrogen-bond donors (Lipinski definition) is 1. The van der Waals surface area contributed by atoms with Gasteiger partial charge in [0, 0.05) is 29.6 Å². The summed E-state index contributed by atoms with van der Waals surface area (Å²) in [6.45, 7) is 0.486. The highest BCUT2D eigenvalue weighted by molar-refractivity contribution is 7.18. The van der Waals surface area contributed by atoms with Crippen LogP contribution < -0.4 is 20.3 Å². The molecule has 3 aromatic rings. The Balaban J connectivity index is 1.31. The lowest BCUT2D eigenvalue weighted by atomic mass is 9.97. The molecule has 0 spiro atoms. The molecule has 1 aromatic carbocycles. The molecular formula is C20H19N3O4S. The minimum atomic E-state index is -0.168. The number of anilines is 1. The van der Waals surface area contributed by atoms with Crippen molar-refractivity contribution in [2.45, 2.75) is 38.6 Å². The molecule has 2 aromatic heterocycles. The predicted molar refractivity (Wildman–Crippen MR) is 106 cm³/mol. The largest absolute Gasteiger partial charge is 0.454 e.